The Morgan fingerprint density at radius 2 is 1.95 bits per heavy atom. The molecule has 0 saturated carbocycles. The van der Waals surface area contributed by atoms with E-state index in [9.17, 15) is 4.79 Å². The Kier molecular flexibility index (Phi) is 5.23. The number of aromatic nitrogens is 1. The number of amides is 1. The largest absolute Gasteiger partial charge is 0.359 e. The Balaban J connectivity index is 2.12. The standard InChI is InChI=1S/C15H16N2O3/c1-19-11-20-14(12-7-3-2-4-8-12)15(18)17-13-9-5-6-10-16-13/h2-10,14H,11H2,1H3,(H,16,17,18). The molecule has 1 amide bonds. The van der Waals surface area contributed by atoms with Crippen LogP contribution < -0.4 is 5.32 Å². The Labute approximate surface area is 117 Å². The Bertz CT molecular complexity index is 531. The zero-order valence-corrected chi connectivity index (χ0v) is 11.2. The molecule has 1 unspecified atom stereocenters. The highest BCUT2D eigenvalue weighted by molar-refractivity contribution is 5.94. The summed E-state index contributed by atoms with van der Waals surface area (Å²) in [5, 5.41) is 2.72. The van der Waals surface area contributed by atoms with Gasteiger partial charge in [-0.2, -0.15) is 0 Å². The second-order valence-corrected chi connectivity index (χ2v) is 4.07. The lowest BCUT2D eigenvalue weighted by Gasteiger charge is -2.17. The van der Waals surface area contributed by atoms with Crippen molar-refractivity contribution in [2.45, 2.75) is 6.10 Å². The number of anilines is 1. The second-order valence-electron chi connectivity index (χ2n) is 4.07. The highest BCUT2D eigenvalue weighted by atomic mass is 16.7. The van der Waals surface area contributed by atoms with Crippen LogP contribution in [-0.4, -0.2) is 24.8 Å². The highest BCUT2D eigenvalue weighted by Crippen LogP contribution is 2.19. The van der Waals surface area contributed by atoms with E-state index in [0.29, 0.717) is 5.82 Å². The summed E-state index contributed by atoms with van der Waals surface area (Å²) in [6, 6.07) is 14.6. The van der Waals surface area contributed by atoms with Crippen LogP contribution in [0, 0.1) is 0 Å². The van der Waals surface area contributed by atoms with Gasteiger partial charge in [0.25, 0.3) is 5.91 Å². The number of rotatable bonds is 6. The fraction of sp³-hybridized carbons (Fsp3) is 0.200. The SMILES string of the molecule is COCOC(C(=O)Nc1ccccn1)c1ccccc1. The van der Waals surface area contributed by atoms with Crippen LogP contribution in [0.4, 0.5) is 5.82 Å². The highest BCUT2D eigenvalue weighted by Gasteiger charge is 2.21. The molecule has 20 heavy (non-hydrogen) atoms. The Morgan fingerprint density at radius 3 is 2.60 bits per heavy atom. The zero-order chi connectivity index (χ0) is 14.2. The van der Waals surface area contributed by atoms with E-state index in [-0.39, 0.29) is 12.7 Å². The van der Waals surface area contributed by atoms with Gasteiger partial charge in [-0.25, -0.2) is 4.98 Å². The predicted molar refractivity (Wildman–Crippen MR) is 75.0 cm³/mol. The third kappa shape index (κ3) is 3.88. The summed E-state index contributed by atoms with van der Waals surface area (Å²) in [7, 11) is 1.51. The van der Waals surface area contributed by atoms with Crippen LogP contribution in [0.1, 0.15) is 11.7 Å². The molecule has 1 N–H and O–H groups in total. The third-order valence-corrected chi connectivity index (χ3v) is 2.61. The first-order chi connectivity index (χ1) is 9.81. The lowest BCUT2D eigenvalue weighted by molar-refractivity contribution is -0.137. The first kappa shape index (κ1) is 14.2. The molecular formula is C15H16N2O3. The number of methoxy groups -OCH3 is 1. The van der Waals surface area contributed by atoms with E-state index in [4.69, 9.17) is 9.47 Å². The summed E-state index contributed by atoms with van der Waals surface area (Å²) in [4.78, 5) is 16.3. The molecule has 0 fully saturated rings. The van der Waals surface area contributed by atoms with Crippen molar-refractivity contribution >= 4 is 11.7 Å². The van der Waals surface area contributed by atoms with Crippen LogP contribution in [0.25, 0.3) is 0 Å². The molecule has 104 valence electrons. The molecule has 0 spiro atoms. The van der Waals surface area contributed by atoms with Crippen LogP contribution in [0.5, 0.6) is 0 Å². The average Bonchev–Trinajstić information content (AvgIpc) is 2.50. The molecule has 0 saturated heterocycles. The average molecular weight is 272 g/mol. The first-order valence-electron chi connectivity index (χ1n) is 6.18. The van der Waals surface area contributed by atoms with E-state index in [1.165, 1.54) is 7.11 Å². The number of nitrogens with one attached hydrogen (secondary N) is 1. The van der Waals surface area contributed by atoms with Gasteiger partial charge in [0.15, 0.2) is 6.10 Å². The smallest absolute Gasteiger partial charge is 0.259 e. The quantitative estimate of drug-likeness (QED) is 0.820. The maximum atomic E-state index is 12.3. The molecule has 0 bridgehead atoms. The van der Waals surface area contributed by atoms with Crippen LogP contribution in [0.3, 0.4) is 0 Å². The van der Waals surface area contributed by atoms with Gasteiger partial charge in [0.1, 0.15) is 12.6 Å². The van der Waals surface area contributed by atoms with E-state index < -0.39 is 6.10 Å². The van der Waals surface area contributed by atoms with Crippen molar-refractivity contribution in [2.24, 2.45) is 0 Å². The van der Waals surface area contributed by atoms with Gasteiger partial charge in [0.2, 0.25) is 0 Å². The molecule has 2 rings (SSSR count). The predicted octanol–water partition coefficient (Wildman–Crippen LogP) is 2.38. The number of carbonyl (C=O) groups excluding carboxylic acids is 1. The van der Waals surface area contributed by atoms with Crippen molar-refractivity contribution in [1.82, 2.24) is 4.98 Å². The number of nitrogens with zero attached hydrogens (tertiary/aromatic N) is 1. The number of hydrogen-bond donors (Lipinski definition) is 1. The molecule has 0 radical (unpaired) electrons. The van der Waals surface area contributed by atoms with E-state index >= 15 is 0 Å². The van der Waals surface area contributed by atoms with E-state index in [1.54, 1.807) is 24.4 Å². The zero-order valence-electron chi connectivity index (χ0n) is 11.2. The third-order valence-electron chi connectivity index (χ3n) is 2.61. The summed E-state index contributed by atoms with van der Waals surface area (Å²) < 4.78 is 10.3. The first-order valence-corrected chi connectivity index (χ1v) is 6.18. The molecule has 5 heteroatoms. The van der Waals surface area contributed by atoms with Crippen molar-refractivity contribution in [3.63, 3.8) is 0 Å². The Hall–Kier alpha value is -2.24. The number of benzene rings is 1. The maximum absolute atomic E-state index is 12.3. The second kappa shape index (κ2) is 7.37. The van der Waals surface area contributed by atoms with Crippen LogP contribution in [0.2, 0.25) is 0 Å². The number of carbonyl (C=O) groups is 1. The van der Waals surface area contributed by atoms with Gasteiger partial charge in [-0.3, -0.25) is 4.79 Å². The summed E-state index contributed by atoms with van der Waals surface area (Å²) in [5.74, 6) is 0.200. The number of hydrogen-bond acceptors (Lipinski definition) is 4. The van der Waals surface area contributed by atoms with Gasteiger partial charge in [-0.15, -0.1) is 0 Å². The fourth-order valence-electron chi connectivity index (χ4n) is 1.72. The normalized spacial score (nSPS) is 11.8. The molecule has 2 aromatic rings. The lowest BCUT2D eigenvalue weighted by Crippen LogP contribution is -2.24. The van der Waals surface area contributed by atoms with Crippen molar-refractivity contribution in [3.05, 3.63) is 60.3 Å². The summed E-state index contributed by atoms with van der Waals surface area (Å²) in [6.45, 7) is 0.0369. The molecule has 5 nitrogen and oxygen atoms in total. The number of pyridine rings is 1. The maximum Gasteiger partial charge on any atom is 0.259 e. The van der Waals surface area contributed by atoms with Gasteiger partial charge < -0.3 is 14.8 Å². The van der Waals surface area contributed by atoms with Crippen molar-refractivity contribution in [3.8, 4) is 0 Å². The summed E-state index contributed by atoms with van der Waals surface area (Å²) in [5.41, 5.74) is 0.762. The van der Waals surface area contributed by atoms with Crippen molar-refractivity contribution in [1.29, 1.82) is 0 Å². The van der Waals surface area contributed by atoms with Gasteiger partial charge in [-0.1, -0.05) is 36.4 Å². The van der Waals surface area contributed by atoms with Crippen molar-refractivity contribution < 1.29 is 14.3 Å². The minimum atomic E-state index is -0.738. The van der Waals surface area contributed by atoms with E-state index in [2.05, 4.69) is 10.3 Å². The van der Waals surface area contributed by atoms with Crippen LogP contribution in [-0.2, 0) is 14.3 Å². The lowest BCUT2D eigenvalue weighted by atomic mass is 10.1. The molecular weight excluding hydrogens is 256 g/mol. The summed E-state index contributed by atoms with van der Waals surface area (Å²) in [6.07, 6.45) is 0.876. The fourth-order valence-corrected chi connectivity index (χ4v) is 1.72. The molecule has 0 aliphatic heterocycles. The van der Waals surface area contributed by atoms with Gasteiger partial charge in [0.05, 0.1) is 0 Å². The van der Waals surface area contributed by atoms with E-state index in [1.807, 2.05) is 30.3 Å². The van der Waals surface area contributed by atoms with Crippen LogP contribution in [0.15, 0.2) is 54.7 Å². The monoisotopic (exact) mass is 272 g/mol. The summed E-state index contributed by atoms with van der Waals surface area (Å²) >= 11 is 0. The van der Waals surface area contributed by atoms with E-state index in [0.717, 1.165) is 5.56 Å². The van der Waals surface area contributed by atoms with Gasteiger partial charge in [-0.05, 0) is 17.7 Å². The molecule has 0 aliphatic carbocycles. The molecule has 0 aliphatic rings. The van der Waals surface area contributed by atoms with Crippen molar-refractivity contribution in [2.75, 3.05) is 19.2 Å². The topological polar surface area (TPSA) is 60.5 Å². The minimum Gasteiger partial charge on any atom is -0.359 e. The van der Waals surface area contributed by atoms with Gasteiger partial charge in [0, 0.05) is 13.3 Å². The van der Waals surface area contributed by atoms with Gasteiger partial charge >= 0.3 is 0 Å². The Morgan fingerprint density at radius 1 is 1.20 bits per heavy atom. The molecule has 1 aromatic carbocycles. The van der Waals surface area contributed by atoms with Crippen LogP contribution >= 0.6 is 0 Å². The number of ether oxygens (including phenoxy) is 2. The molecule has 1 aromatic heterocycles. The molecule has 1 atom stereocenters. The molecule has 1 heterocycles. The minimum absolute atomic E-state index is 0.0369.